The summed E-state index contributed by atoms with van der Waals surface area (Å²) in [6.45, 7) is 4.44. The van der Waals surface area contributed by atoms with Gasteiger partial charge in [-0.25, -0.2) is 4.79 Å². The van der Waals surface area contributed by atoms with Crippen molar-refractivity contribution >= 4 is 17.8 Å². The van der Waals surface area contributed by atoms with E-state index < -0.39 is 17.8 Å². The minimum Gasteiger partial charge on any atom is -0.388 e. The van der Waals surface area contributed by atoms with Gasteiger partial charge in [0.25, 0.3) is 11.8 Å². The average Bonchev–Trinajstić information content (AvgIpc) is 2.34. The lowest BCUT2D eigenvalue weighted by molar-refractivity contribution is -0.134. The molecule has 1 fully saturated rings. The lowest BCUT2D eigenvalue weighted by Crippen LogP contribution is -2.53. The summed E-state index contributed by atoms with van der Waals surface area (Å²) in [5.41, 5.74) is 0.556. The smallest absolute Gasteiger partial charge is 0.333 e. The molecule has 18 heavy (non-hydrogen) atoms. The standard InChI is InChI=1S/C12H19N3O3/c1-5-6-7-13-8(2)9-10(16)14(3)12(18)15(4)11(9)17/h13H,5-7H2,1-4H3. The predicted octanol–water partition coefficient (Wildman–Crippen LogP) is 0.700. The van der Waals surface area contributed by atoms with E-state index >= 15 is 0 Å². The molecule has 100 valence electrons. The van der Waals surface area contributed by atoms with E-state index in [1.807, 2.05) is 0 Å². The third-order valence-electron chi connectivity index (χ3n) is 2.91. The fourth-order valence-corrected chi connectivity index (χ4v) is 1.69. The molecule has 0 saturated carbocycles. The molecule has 1 N–H and O–H groups in total. The van der Waals surface area contributed by atoms with Crippen LogP contribution in [0.3, 0.4) is 0 Å². The van der Waals surface area contributed by atoms with Gasteiger partial charge < -0.3 is 5.32 Å². The highest BCUT2D eigenvalue weighted by Crippen LogP contribution is 2.16. The van der Waals surface area contributed by atoms with Crippen LogP contribution in [0.15, 0.2) is 11.3 Å². The van der Waals surface area contributed by atoms with Gasteiger partial charge >= 0.3 is 6.03 Å². The number of barbiturate groups is 1. The van der Waals surface area contributed by atoms with E-state index in [1.54, 1.807) is 6.92 Å². The van der Waals surface area contributed by atoms with Crippen molar-refractivity contribution in [2.75, 3.05) is 20.6 Å². The first kappa shape index (κ1) is 14.2. The molecule has 0 atom stereocenters. The van der Waals surface area contributed by atoms with Crippen molar-refractivity contribution in [2.24, 2.45) is 0 Å². The van der Waals surface area contributed by atoms with E-state index in [2.05, 4.69) is 12.2 Å². The van der Waals surface area contributed by atoms with Crippen molar-refractivity contribution < 1.29 is 14.4 Å². The molecule has 1 aliphatic heterocycles. The van der Waals surface area contributed by atoms with Gasteiger partial charge in [0, 0.05) is 26.3 Å². The Morgan fingerprint density at radius 2 is 1.61 bits per heavy atom. The van der Waals surface area contributed by atoms with E-state index in [9.17, 15) is 14.4 Å². The maximum Gasteiger partial charge on any atom is 0.333 e. The Balaban J connectivity index is 2.98. The first-order valence-corrected chi connectivity index (χ1v) is 5.96. The fraction of sp³-hybridized carbons (Fsp3) is 0.583. The van der Waals surface area contributed by atoms with Crippen LogP contribution >= 0.6 is 0 Å². The normalized spacial score (nSPS) is 16.4. The van der Waals surface area contributed by atoms with Crippen LogP contribution < -0.4 is 5.32 Å². The highest BCUT2D eigenvalue weighted by Gasteiger charge is 2.39. The second-order valence-corrected chi connectivity index (χ2v) is 4.29. The molecular formula is C12H19N3O3. The maximum atomic E-state index is 11.9. The van der Waals surface area contributed by atoms with Gasteiger partial charge in [0.05, 0.1) is 0 Å². The van der Waals surface area contributed by atoms with Gasteiger partial charge in [-0.05, 0) is 13.3 Å². The number of hydrogen-bond donors (Lipinski definition) is 1. The van der Waals surface area contributed by atoms with Gasteiger partial charge in [-0.1, -0.05) is 13.3 Å². The molecule has 1 heterocycles. The zero-order valence-electron chi connectivity index (χ0n) is 11.2. The number of carbonyl (C=O) groups is 3. The number of carbonyl (C=O) groups excluding carboxylic acids is 3. The predicted molar refractivity (Wildman–Crippen MR) is 66.5 cm³/mol. The molecule has 6 nitrogen and oxygen atoms in total. The van der Waals surface area contributed by atoms with Crippen molar-refractivity contribution in [3.05, 3.63) is 11.3 Å². The average molecular weight is 253 g/mol. The topological polar surface area (TPSA) is 69.7 Å². The molecule has 0 aromatic heterocycles. The van der Waals surface area contributed by atoms with Crippen molar-refractivity contribution in [3.63, 3.8) is 0 Å². The molecule has 6 heteroatoms. The highest BCUT2D eigenvalue weighted by molar-refractivity contribution is 6.28. The molecule has 1 aliphatic rings. The summed E-state index contributed by atoms with van der Waals surface area (Å²) in [6, 6.07) is -0.602. The summed E-state index contributed by atoms with van der Waals surface area (Å²) in [7, 11) is 2.74. The van der Waals surface area contributed by atoms with Crippen LogP contribution in [0.2, 0.25) is 0 Å². The quantitative estimate of drug-likeness (QED) is 0.455. The number of nitrogens with zero attached hydrogens (tertiary/aromatic N) is 2. The minimum atomic E-state index is -0.602. The van der Waals surface area contributed by atoms with Crippen LogP contribution in [0.5, 0.6) is 0 Å². The number of unbranched alkanes of at least 4 members (excludes halogenated alkanes) is 1. The van der Waals surface area contributed by atoms with E-state index in [0.29, 0.717) is 12.2 Å². The first-order valence-electron chi connectivity index (χ1n) is 5.96. The van der Waals surface area contributed by atoms with Gasteiger partial charge in [-0.2, -0.15) is 0 Å². The molecule has 0 bridgehead atoms. The molecular weight excluding hydrogens is 234 g/mol. The Morgan fingerprint density at radius 1 is 1.11 bits per heavy atom. The minimum absolute atomic E-state index is 0.0377. The lowest BCUT2D eigenvalue weighted by atomic mass is 10.1. The van der Waals surface area contributed by atoms with Gasteiger partial charge in [0.2, 0.25) is 0 Å². The fourth-order valence-electron chi connectivity index (χ4n) is 1.69. The molecule has 1 rings (SSSR count). The second-order valence-electron chi connectivity index (χ2n) is 4.29. The number of urea groups is 1. The van der Waals surface area contributed by atoms with Crippen molar-refractivity contribution in [1.82, 2.24) is 15.1 Å². The van der Waals surface area contributed by atoms with E-state index in [0.717, 1.165) is 22.6 Å². The van der Waals surface area contributed by atoms with Crippen LogP contribution in [0.25, 0.3) is 0 Å². The number of imide groups is 2. The molecule has 0 aromatic carbocycles. The Bertz CT molecular complexity index is 389. The summed E-state index contributed by atoms with van der Waals surface area (Å²) in [4.78, 5) is 37.3. The molecule has 4 amide bonds. The molecule has 0 aliphatic carbocycles. The zero-order valence-corrected chi connectivity index (χ0v) is 11.2. The Morgan fingerprint density at radius 3 is 2.06 bits per heavy atom. The van der Waals surface area contributed by atoms with Crippen molar-refractivity contribution in [2.45, 2.75) is 26.7 Å². The number of hydrogen-bond acceptors (Lipinski definition) is 4. The Kier molecular flexibility index (Phi) is 4.47. The lowest BCUT2D eigenvalue weighted by Gasteiger charge is -2.30. The van der Waals surface area contributed by atoms with Gasteiger partial charge in [0.1, 0.15) is 5.57 Å². The summed E-state index contributed by atoms with van der Waals surface area (Å²) < 4.78 is 0. The van der Waals surface area contributed by atoms with Crippen LogP contribution in [0, 0.1) is 0 Å². The second kappa shape index (κ2) is 5.66. The summed E-state index contributed by atoms with van der Waals surface area (Å²) >= 11 is 0. The Hall–Kier alpha value is -1.85. The van der Waals surface area contributed by atoms with Crippen LogP contribution in [-0.4, -0.2) is 48.3 Å². The number of likely N-dealkylation sites (N-methyl/N-ethyl adjacent to an activating group) is 2. The van der Waals surface area contributed by atoms with Crippen LogP contribution in [0.1, 0.15) is 26.7 Å². The van der Waals surface area contributed by atoms with Crippen LogP contribution in [-0.2, 0) is 9.59 Å². The summed E-state index contributed by atoms with van der Waals surface area (Å²) in [5, 5.41) is 3.04. The Labute approximate surface area is 107 Å². The number of allylic oxidation sites excluding steroid dienone is 1. The number of rotatable bonds is 4. The van der Waals surface area contributed by atoms with Crippen molar-refractivity contribution in [3.8, 4) is 0 Å². The van der Waals surface area contributed by atoms with Gasteiger partial charge in [-0.15, -0.1) is 0 Å². The SMILES string of the molecule is CCCCNC(C)=C1C(=O)N(C)C(=O)N(C)C1=O. The molecule has 0 aromatic rings. The molecule has 0 spiro atoms. The van der Waals surface area contributed by atoms with Crippen molar-refractivity contribution in [1.29, 1.82) is 0 Å². The molecule has 1 saturated heterocycles. The zero-order chi connectivity index (χ0) is 13.9. The van der Waals surface area contributed by atoms with Gasteiger partial charge in [-0.3, -0.25) is 19.4 Å². The van der Waals surface area contributed by atoms with E-state index in [1.165, 1.54) is 14.1 Å². The first-order chi connectivity index (χ1) is 8.41. The summed E-state index contributed by atoms with van der Waals surface area (Å²) in [6.07, 6.45) is 1.98. The van der Waals surface area contributed by atoms with E-state index in [-0.39, 0.29) is 5.57 Å². The number of nitrogens with one attached hydrogen (secondary N) is 1. The molecule has 0 unspecified atom stereocenters. The third-order valence-corrected chi connectivity index (χ3v) is 2.91. The molecule has 0 radical (unpaired) electrons. The summed E-state index contributed by atoms with van der Waals surface area (Å²) in [5.74, 6) is -1.10. The monoisotopic (exact) mass is 253 g/mol. The largest absolute Gasteiger partial charge is 0.388 e. The third kappa shape index (κ3) is 2.52. The highest BCUT2D eigenvalue weighted by atomic mass is 16.2. The van der Waals surface area contributed by atoms with Gasteiger partial charge in [0.15, 0.2) is 0 Å². The maximum absolute atomic E-state index is 11.9. The number of amides is 4. The van der Waals surface area contributed by atoms with Crippen LogP contribution in [0.4, 0.5) is 4.79 Å². The van der Waals surface area contributed by atoms with E-state index in [4.69, 9.17) is 0 Å².